The van der Waals surface area contributed by atoms with Crippen LogP contribution in [0.2, 0.25) is 0 Å². The first kappa shape index (κ1) is 14.7. The highest BCUT2D eigenvalue weighted by Gasteiger charge is 2.17. The van der Waals surface area contributed by atoms with Crippen LogP contribution in [0.1, 0.15) is 32.3 Å². The first-order chi connectivity index (χ1) is 8.59. The highest BCUT2D eigenvalue weighted by atomic mass is 16.4. The molecule has 0 saturated heterocycles. The van der Waals surface area contributed by atoms with Gasteiger partial charge in [-0.1, -0.05) is 44.2 Å². The zero-order chi connectivity index (χ0) is 13.4. The number of carboxylic acids is 1. The van der Waals surface area contributed by atoms with Gasteiger partial charge >= 0.3 is 5.97 Å². The zero-order valence-corrected chi connectivity index (χ0v) is 11.2. The van der Waals surface area contributed by atoms with Crippen LogP contribution in [0.25, 0.3) is 0 Å². The Kier molecular flexibility index (Phi) is 6.44. The topological polar surface area (TPSA) is 49.3 Å². The van der Waals surface area contributed by atoms with E-state index >= 15 is 0 Å². The molecule has 3 nitrogen and oxygen atoms in total. The highest BCUT2D eigenvalue weighted by Crippen LogP contribution is 2.06. The maximum Gasteiger partial charge on any atom is 0.320 e. The van der Waals surface area contributed by atoms with Crippen molar-refractivity contribution in [2.75, 3.05) is 6.54 Å². The fourth-order valence-electron chi connectivity index (χ4n) is 1.96. The molecule has 0 aliphatic carbocycles. The minimum absolute atomic E-state index is 0.396. The molecule has 1 unspecified atom stereocenters. The van der Waals surface area contributed by atoms with Crippen molar-refractivity contribution in [2.45, 2.75) is 39.2 Å². The summed E-state index contributed by atoms with van der Waals surface area (Å²) < 4.78 is 0. The van der Waals surface area contributed by atoms with Crippen molar-refractivity contribution >= 4 is 5.97 Å². The number of carboxylic acid groups (broad SMARTS) is 1. The molecule has 0 radical (unpaired) electrons. The van der Waals surface area contributed by atoms with Crippen molar-refractivity contribution in [2.24, 2.45) is 5.92 Å². The smallest absolute Gasteiger partial charge is 0.320 e. The summed E-state index contributed by atoms with van der Waals surface area (Å²) in [5, 5.41) is 12.2. The maximum absolute atomic E-state index is 11.0. The van der Waals surface area contributed by atoms with E-state index in [1.807, 2.05) is 32.0 Å². The third kappa shape index (κ3) is 5.82. The number of aryl methyl sites for hydroxylation is 1. The first-order valence-corrected chi connectivity index (χ1v) is 6.59. The number of aliphatic carboxylic acids is 1. The Morgan fingerprint density at radius 3 is 2.50 bits per heavy atom. The summed E-state index contributed by atoms with van der Waals surface area (Å²) in [6, 6.07) is 9.85. The van der Waals surface area contributed by atoms with Gasteiger partial charge in [0, 0.05) is 0 Å². The van der Waals surface area contributed by atoms with Gasteiger partial charge in [0.2, 0.25) is 0 Å². The van der Waals surface area contributed by atoms with Crippen LogP contribution in [-0.2, 0) is 11.2 Å². The van der Waals surface area contributed by atoms with E-state index in [1.54, 1.807) is 0 Å². The van der Waals surface area contributed by atoms with Gasteiger partial charge in [-0.15, -0.1) is 0 Å². The Morgan fingerprint density at radius 1 is 1.28 bits per heavy atom. The molecule has 0 spiro atoms. The molecular weight excluding hydrogens is 226 g/mol. The van der Waals surface area contributed by atoms with Gasteiger partial charge in [0.15, 0.2) is 0 Å². The number of hydrogen-bond donors (Lipinski definition) is 2. The van der Waals surface area contributed by atoms with Crippen LogP contribution in [0.3, 0.4) is 0 Å². The van der Waals surface area contributed by atoms with Gasteiger partial charge < -0.3 is 10.4 Å². The number of benzene rings is 1. The van der Waals surface area contributed by atoms with Gasteiger partial charge in [0.1, 0.15) is 6.04 Å². The van der Waals surface area contributed by atoms with Gasteiger partial charge in [-0.25, -0.2) is 0 Å². The zero-order valence-electron chi connectivity index (χ0n) is 11.2. The summed E-state index contributed by atoms with van der Waals surface area (Å²) in [6.07, 6.45) is 2.63. The molecule has 1 aromatic carbocycles. The van der Waals surface area contributed by atoms with Crippen molar-refractivity contribution in [3.05, 3.63) is 35.9 Å². The Hall–Kier alpha value is -1.35. The lowest BCUT2D eigenvalue weighted by Gasteiger charge is -2.16. The van der Waals surface area contributed by atoms with E-state index < -0.39 is 12.0 Å². The summed E-state index contributed by atoms with van der Waals surface area (Å²) in [5.74, 6) is -0.351. The molecule has 0 aliphatic heterocycles. The number of rotatable bonds is 8. The average Bonchev–Trinajstić information content (AvgIpc) is 2.33. The summed E-state index contributed by atoms with van der Waals surface area (Å²) in [6.45, 7) is 4.84. The Balaban J connectivity index is 2.25. The summed E-state index contributed by atoms with van der Waals surface area (Å²) in [7, 11) is 0. The maximum atomic E-state index is 11.0. The van der Waals surface area contributed by atoms with Crippen LogP contribution in [-0.4, -0.2) is 23.7 Å². The molecule has 2 N–H and O–H groups in total. The summed E-state index contributed by atoms with van der Waals surface area (Å²) in [5.41, 5.74) is 1.30. The molecule has 0 heterocycles. The molecule has 0 aromatic heterocycles. The molecule has 0 aliphatic rings. The van der Waals surface area contributed by atoms with Crippen LogP contribution < -0.4 is 5.32 Å². The second kappa shape index (κ2) is 7.88. The normalized spacial score (nSPS) is 12.6. The van der Waals surface area contributed by atoms with Crippen molar-refractivity contribution in [3.63, 3.8) is 0 Å². The van der Waals surface area contributed by atoms with Gasteiger partial charge in [0.25, 0.3) is 0 Å². The van der Waals surface area contributed by atoms with Gasteiger partial charge in [-0.3, -0.25) is 4.79 Å². The monoisotopic (exact) mass is 249 g/mol. The molecule has 0 amide bonds. The van der Waals surface area contributed by atoms with Crippen LogP contribution >= 0.6 is 0 Å². The standard InChI is InChI=1S/C15H23NO2/c1-12(2)11-14(15(17)18)16-10-6-9-13-7-4-3-5-8-13/h3-5,7-8,12,14,16H,6,9-11H2,1-2H3,(H,17,18). The van der Waals surface area contributed by atoms with Gasteiger partial charge in [-0.05, 0) is 37.3 Å². The summed E-state index contributed by atoms with van der Waals surface area (Å²) in [4.78, 5) is 11.0. The summed E-state index contributed by atoms with van der Waals surface area (Å²) >= 11 is 0. The van der Waals surface area contributed by atoms with Gasteiger partial charge in [0.05, 0.1) is 0 Å². The van der Waals surface area contributed by atoms with Crippen molar-refractivity contribution < 1.29 is 9.90 Å². The Morgan fingerprint density at radius 2 is 1.94 bits per heavy atom. The van der Waals surface area contributed by atoms with E-state index in [9.17, 15) is 4.79 Å². The first-order valence-electron chi connectivity index (χ1n) is 6.59. The molecule has 0 fully saturated rings. The minimum atomic E-state index is -0.747. The second-order valence-electron chi connectivity index (χ2n) is 5.06. The fourth-order valence-corrected chi connectivity index (χ4v) is 1.96. The molecule has 1 atom stereocenters. The molecule has 3 heteroatoms. The quantitative estimate of drug-likeness (QED) is 0.696. The van der Waals surface area contributed by atoms with Crippen LogP contribution in [0.5, 0.6) is 0 Å². The molecule has 1 aromatic rings. The fraction of sp³-hybridized carbons (Fsp3) is 0.533. The third-order valence-corrected chi connectivity index (χ3v) is 2.88. The third-order valence-electron chi connectivity index (χ3n) is 2.88. The Bertz CT molecular complexity index is 349. The highest BCUT2D eigenvalue weighted by molar-refractivity contribution is 5.73. The number of carbonyl (C=O) groups is 1. The predicted molar refractivity (Wildman–Crippen MR) is 73.6 cm³/mol. The molecule has 0 saturated carbocycles. The predicted octanol–water partition coefficient (Wildman–Crippen LogP) is 2.71. The van der Waals surface area contributed by atoms with Crippen molar-refractivity contribution in [1.29, 1.82) is 0 Å². The van der Waals surface area contributed by atoms with E-state index in [4.69, 9.17) is 5.11 Å². The van der Waals surface area contributed by atoms with E-state index in [1.165, 1.54) is 5.56 Å². The van der Waals surface area contributed by atoms with E-state index in [2.05, 4.69) is 17.4 Å². The average molecular weight is 249 g/mol. The molecule has 1 rings (SSSR count). The second-order valence-corrected chi connectivity index (χ2v) is 5.06. The largest absolute Gasteiger partial charge is 0.480 e. The van der Waals surface area contributed by atoms with E-state index in [0.717, 1.165) is 19.4 Å². The molecule has 100 valence electrons. The number of hydrogen-bond acceptors (Lipinski definition) is 2. The van der Waals surface area contributed by atoms with Crippen molar-refractivity contribution in [3.8, 4) is 0 Å². The van der Waals surface area contributed by atoms with Crippen LogP contribution in [0, 0.1) is 5.92 Å². The molecule has 0 bridgehead atoms. The number of nitrogens with one attached hydrogen (secondary N) is 1. The lowest BCUT2D eigenvalue weighted by molar-refractivity contribution is -0.139. The van der Waals surface area contributed by atoms with Gasteiger partial charge in [-0.2, -0.15) is 0 Å². The van der Waals surface area contributed by atoms with Crippen LogP contribution in [0.15, 0.2) is 30.3 Å². The van der Waals surface area contributed by atoms with Crippen molar-refractivity contribution in [1.82, 2.24) is 5.32 Å². The van der Waals surface area contributed by atoms with E-state index in [0.29, 0.717) is 12.3 Å². The lowest BCUT2D eigenvalue weighted by Crippen LogP contribution is -2.38. The Labute approximate surface area is 109 Å². The molecule has 18 heavy (non-hydrogen) atoms. The SMILES string of the molecule is CC(C)CC(NCCCc1ccccc1)C(=O)O. The van der Waals surface area contributed by atoms with E-state index in [-0.39, 0.29) is 0 Å². The minimum Gasteiger partial charge on any atom is -0.480 e. The molecular formula is C15H23NO2. The lowest BCUT2D eigenvalue weighted by atomic mass is 10.0. The van der Waals surface area contributed by atoms with Crippen LogP contribution in [0.4, 0.5) is 0 Å².